The van der Waals surface area contributed by atoms with Gasteiger partial charge in [-0.25, -0.2) is 4.39 Å². The van der Waals surface area contributed by atoms with E-state index < -0.39 is 6.10 Å². The van der Waals surface area contributed by atoms with E-state index >= 15 is 0 Å². The predicted molar refractivity (Wildman–Crippen MR) is 88.4 cm³/mol. The molecule has 2 unspecified atom stereocenters. The lowest BCUT2D eigenvalue weighted by atomic mass is 10.0. The maximum absolute atomic E-state index is 13.0. The number of rotatable bonds is 5. The van der Waals surface area contributed by atoms with Crippen molar-refractivity contribution in [1.29, 1.82) is 5.26 Å². The van der Waals surface area contributed by atoms with E-state index in [1.165, 1.54) is 17.0 Å². The van der Waals surface area contributed by atoms with E-state index in [1.54, 1.807) is 23.5 Å². The molecule has 0 saturated carbocycles. The minimum atomic E-state index is -0.570. The van der Waals surface area contributed by atoms with Gasteiger partial charge in [0.25, 0.3) is 0 Å². The smallest absolute Gasteiger partial charge is 0.123 e. The normalized spacial score (nSPS) is 19.6. The van der Waals surface area contributed by atoms with Crippen LogP contribution in [0.1, 0.15) is 41.4 Å². The molecule has 0 aliphatic carbocycles. The fourth-order valence-electron chi connectivity index (χ4n) is 3.17. The van der Waals surface area contributed by atoms with Crippen molar-refractivity contribution in [2.75, 3.05) is 6.54 Å². The number of likely N-dealkylation sites (tertiary alicyclic amines) is 1. The second kappa shape index (κ2) is 7.22. The summed E-state index contributed by atoms with van der Waals surface area (Å²) in [5.74, 6) is -0.283. The molecule has 2 atom stereocenters. The minimum Gasteiger partial charge on any atom is -0.388 e. The van der Waals surface area contributed by atoms with Gasteiger partial charge in [-0.15, -0.1) is 11.3 Å². The largest absolute Gasteiger partial charge is 0.388 e. The number of hydrogen-bond acceptors (Lipinski definition) is 4. The van der Waals surface area contributed by atoms with Gasteiger partial charge in [0.05, 0.1) is 11.7 Å². The van der Waals surface area contributed by atoms with Crippen LogP contribution < -0.4 is 0 Å². The van der Waals surface area contributed by atoms with Gasteiger partial charge >= 0.3 is 0 Å². The van der Waals surface area contributed by atoms with Crippen molar-refractivity contribution < 1.29 is 9.50 Å². The highest BCUT2D eigenvalue weighted by atomic mass is 32.1. The molecule has 120 valence electrons. The standard InChI is InChI=1S/C18H19FN2OS/c19-15-5-3-14(4-6-15)18(22)9-16-2-1-7-21(16)11-17-8-13(10-20)12-23-17/h3-6,8,12,16,18,22H,1-2,7,9,11H2. The van der Waals surface area contributed by atoms with Gasteiger partial charge in [-0.3, -0.25) is 4.90 Å². The molecule has 1 aliphatic rings. The van der Waals surface area contributed by atoms with Gasteiger partial charge in [-0.1, -0.05) is 12.1 Å². The summed E-state index contributed by atoms with van der Waals surface area (Å²) < 4.78 is 13.0. The van der Waals surface area contributed by atoms with Crippen LogP contribution in [0.3, 0.4) is 0 Å². The summed E-state index contributed by atoms with van der Waals surface area (Å²) >= 11 is 1.61. The van der Waals surface area contributed by atoms with Crippen LogP contribution in [0, 0.1) is 17.1 Å². The Morgan fingerprint density at radius 1 is 1.39 bits per heavy atom. The lowest BCUT2D eigenvalue weighted by Crippen LogP contribution is -2.30. The molecule has 2 heterocycles. The van der Waals surface area contributed by atoms with Gasteiger partial charge in [-0.05, 0) is 49.6 Å². The highest BCUT2D eigenvalue weighted by molar-refractivity contribution is 7.10. The summed E-state index contributed by atoms with van der Waals surface area (Å²) in [6, 6.07) is 10.5. The van der Waals surface area contributed by atoms with Crippen molar-refractivity contribution in [3.8, 4) is 6.07 Å². The molecule has 1 saturated heterocycles. The molecule has 1 N–H and O–H groups in total. The Morgan fingerprint density at radius 3 is 2.87 bits per heavy atom. The van der Waals surface area contributed by atoms with E-state index in [1.807, 2.05) is 11.4 Å². The molecule has 1 aromatic heterocycles. The predicted octanol–water partition coefficient (Wildman–Crippen LogP) is 3.85. The number of thiophene rings is 1. The molecule has 3 rings (SSSR count). The Balaban J connectivity index is 1.62. The number of benzene rings is 1. The van der Waals surface area contributed by atoms with Crippen molar-refractivity contribution in [3.63, 3.8) is 0 Å². The monoisotopic (exact) mass is 330 g/mol. The first kappa shape index (κ1) is 16.1. The summed E-state index contributed by atoms with van der Waals surface area (Å²) in [5.41, 5.74) is 1.48. The molecule has 1 aromatic carbocycles. The minimum absolute atomic E-state index is 0.283. The molecule has 0 bridgehead atoms. The summed E-state index contributed by atoms with van der Waals surface area (Å²) in [7, 11) is 0. The second-order valence-electron chi connectivity index (χ2n) is 5.98. The van der Waals surface area contributed by atoms with Gasteiger partial charge in [0.2, 0.25) is 0 Å². The van der Waals surface area contributed by atoms with E-state index in [0.717, 1.165) is 31.5 Å². The molecule has 0 radical (unpaired) electrons. The Hall–Kier alpha value is -1.74. The van der Waals surface area contributed by atoms with Gasteiger partial charge in [-0.2, -0.15) is 5.26 Å². The van der Waals surface area contributed by atoms with Crippen molar-refractivity contribution in [1.82, 2.24) is 4.90 Å². The number of hydrogen-bond donors (Lipinski definition) is 1. The molecule has 0 amide bonds. The van der Waals surface area contributed by atoms with Crippen LogP contribution in [0.15, 0.2) is 35.7 Å². The fraction of sp³-hybridized carbons (Fsp3) is 0.389. The Morgan fingerprint density at radius 2 is 2.17 bits per heavy atom. The zero-order chi connectivity index (χ0) is 16.2. The number of nitriles is 1. The molecule has 1 fully saturated rings. The first-order valence-corrected chi connectivity index (χ1v) is 8.69. The van der Waals surface area contributed by atoms with Crippen LogP contribution in [0.5, 0.6) is 0 Å². The Kier molecular flexibility index (Phi) is 5.06. The fourth-order valence-corrected chi connectivity index (χ4v) is 4.01. The molecule has 3 nitrogen and oxygen atoms in total. The van der Waals surface area contributed by atoms with Crippen molar-refractivity contribution in [2.45, 2.75) is 38.0 Å². The van der Waals surface area contributed by atoms with Crippen LogP contribution in [0.4, 0.5) is 4.39 Å². The molecule has 0 spiro atoms. The quantitative estimate of drug-likeness (QED) is 0.906. The lowest BCUT2D eigenvalue weighted by molar-refractivity contribution is 0.118. The first-order valence-electron chi connectivity index (χ1n) is 7.81. The maximum Gasteiger partial charge on any atom is 0.123 e. The number of aliphatic hydroxyl groups is 1. The Bertz CT molecular complexity index is 692. The summed E-state index contributed by atoms with van der Waals surface area (Å²) in [6.45, 7) is 1.84. The number of halogens is 1. The summed E-state index contributed by atoms with van der Waals surface area (Å²) in [4.78, 5) is 3.56. The van der Waals surface area contributed by atoms with Gasteiger partial charge < -0.3 is 5.11 Å². The highest BCUT2D eigenvalue weighted by Gasteiger charge is 2.27. The van der Waals surface area contributed by atoms with Gasteiger partial charge in [0.1, 0.15) is 11.9 Å². The van der Waals surface area contributed by atoms with E-state index in [4.69, 9.17) is 5.26 Å². The van der Waals surface area contributed by atoms with E-state index in [2.05, 4.69) is 11.0 Å². The van der Waals surface area contributed by atoms with Crippen LogP contribution in [0.25, 0.3) is 0 Å². The van der Waals surface area contributed by atoms with Gasteiger partial charge in [0.15, 0.2) is 0 Å². The van der Waals surface area contributed by atoms with E-state index in [0.29, 0.717) is 18.0 Å². The van der Waals surface area contributed by atoms with Crippen LogP contribution >= 0.6 is 11.3 Å². The third-order valence-corrected chi connectivity index (χ3v) is 5.31. The molecule has 5 heteroatoms. The molecular weight excluding hydrogens is 311 g/mol. The van der Waals surface area contributed by atoms with Crippen molar-refractivity contribution in [3.05, 3.63) is 57.5 Å². The SMILES string of the molecule is N#Cc1csc(CN2CCCC2CC(O)c2ccc(F)cc2)c1. The third kappa shape index (κ3) is 3.97. The zero-order valence-corrected chi connectivity index (χ0v) is 13.6. The van der Waals surface area contributed by atoms with Crippen LogP contribution in [0.2, 0.25) is 0 Å². The number of aliphatic hydroxyl groups excluding tert-OH is 1. The first-order chi connectivity index (χ1) is 11.2. The molecule has 1 aliphatic heterocycles. The van der Waals surface area contributed by atoms with Gasteiger partial charge in [0, 0.05) is 22.8 Å². The van der Waals surface area contributed by atoms with E-state index in [-0.39, 0.29) is 5.82 Å². The van der Waals surface area contributed by atoms with Crippen molar-refractivity contribution >= 4 is 11.3 Å². The lowest BCUT2D eigenvalue weighted by Gasteiger charge is -2.26. The average Bonchev–Trinajstić information content (AvgIpc) is 3.18. The molecule has 23 heavy (non-hydrogen) atoms. The maximum atomic E-state index is 13.0. The summed E-state index contributed by atoms with van der Waals surface area (Å²) in [6.07, 6.45) is 2.27. The zero-order valence-electron chi connectivity index (χ0n) is 12.8. The molecular formula is C18H19FN2OS. The van der Waals surface area contributed by atoms with Crippen LogP contribution in [-0.2, 0) is 6.54 Å². The molecule has 2 aromatic rings. The van der Waals surface area contributed by atoms with E-state index in [9.17, 15) is 9.50 Å². The van der Waals surface area contributed by atoms with Crippen LogP contribution in [-0.4, -0.2) is 22.6 Å². The highest BCUT2D eigenvalue weighted by Crippen LogP contribution is 2.29. The summed E-state index contributed by atoms with van der Waals surface area (Å²) in [5, 5.41) is 21.2. The average molecular weight is 330 g/mol. The second-order valence-corrected chi connectivity index (χ2v) is 6.98. The Labute approximate surface area is 139 Å². The topological polar surface area (TPSA) is 47.3 Å². The van der Waals surface area contributed by atoms with Crippen molar-refractivity contribution in [2.24, 2.45) is 0 Å². The third-order valence-electron chi connectivity index (χ3n) is 4.39. The number of nitrogens with zero attached hydrogens (tertiary/aromatic N) is 2.